The first kappa shape index (κ1) is 21.8. The molecule has 3 aromatic carbocycles. The Balaban J connectivity index is 1.33. The lowest BCUT2D eigenvalue weighted by Crippen LogP contribution is -2.45. The number of nitro benzene ring substituents is 1. The van der Waals surface area contributed by atoms with E-state index in [4.69, 9.17) is 9.47 Å². The highest BCUT2D eigenvalue weighted by atomic mass is 16.6. The number of nitrogens with one attached hydrogen (secondary N) is 1. The van der Waals surface area contributed by atoms with Crippen LogP contribution in [0.5, 0.6) is 11.5 Å². The Morgan fingerprint density at radius 2 is 1.79 bits per heavy atom. The van der Waals surface area contributed by atoms with E-state index >= 15 is 0 Å². The number of benzene rings is 3. The fourth-order valence-corrected chi connectivity index (χ4v) is 3.31. The Morgan fingerprint density at radius 1 is 1.06 bits per heavy atom. The van der Waals surface area contributed by atoms with Crippen LogP contribution in [0.1, 0.15) is 11.1 Å². The summed E-state index contributed by atoms with van der Waals surface area (Å²) >= 11 is 0. The number of hydrogen-bond acceptors (Lipinski definition) is 6. The van der Waals surface area contributed by atoms with Gasteiger partial charge in [0.25, 0.3) is 11.6 Å². The second-order valence-electron chi connectivity index (χ2n) is 7.37. The lowest BCUT2D eigenvalue weighted by atomic mass is 10.1. The summed E-state index contributed by atoms with van der Waals surface area (Å²) in [6.45, 7) is 0.213. The van der Waals surface area contributed by atoms with Crippen LogP contribution < -0.4 is 19.7 Å². The number of ether oxygens (including phenoxy) is 2. The number of anilines is 1. The number of nitrogens with zero attached hydrogens (tertiary/aromatic N) is 2. The summed E-state index contributed by atoms with van der Waals surface area (Å²) in [5, 5.41) is 13.8. The molecule has 3 aromatic rings. The van der Waals surface area contributed by atoms with E-state index in [-0.39, 0.29) is 37.0 Å². The Labute approximate surface area is 189 Å². The molecule has 0 saturated heterocycles. The third-order valence-electron chi connectivity index (χ3n) is 5.06. The molecule has 4 rings (SSSR count). The van der Waals surface area contributed by atoms with Crippen LogP contribution in [0.15, 0.2) is 72.8 Å². The molecule has 1 aliphatic heterocycles. The first-order valence-corrected chi connectivity index (χ1v) is 10.2. The minimum absolute atomic E-state index is 0.186. The zero-order valence-corrected chi connectivity index (χ0v) is 17.6. The van der Waals surface area contributed by atoms with Crippen molar-refractivity contribution in [1.29, 1.82) is 0 Å². The fraction of sp³-hybridized carbons (Fsp3) is 0.167. The third-order valence-corrected chi connectivity index (χ3v) is 5.06. The predicted molar refractivity (Wildman–Crippen MR) is 120 cm³/mol. The molecule has 0 bridgehead atoms. The Morgan fingerprint density at radius 3 is 2.52 bits per heavy atom. The number of rotatable bonds is 8. The van der Waals surface area contributed by atoms with Crippen molar-refractivity contribution in [1.82, 2.24) is 5.32 Å². The summed E-state index contributed by atoms with van der Waals surface area (Å²) in [7, 11) is 0. The van der Waals surface area contributed by atoms with Gasteiger partial charge in [-0.1, -0.05) is 42.5 Å². The van der Waals surface area contributed by atoms with Crippen molar-refractivity contribution >= 4 is 23.2 Å². The average Bonchev–Trinajstić information content (AvgIpc) is 2.84. The SMILES string of the molecule is O=C(CN1C(=O)COc2ccc([N+](=O)[O-])cc21)NCc1ccc(COc2ccccc2)cc1. The lowest BCUT2D eigenvalue weighted by Gasteiger charge is -2.28. The van der Waals surface area contributed by atoms with Crippen molar-refractivity contribution in [2.45, 2.75) is 13.2 Å². The Kier molecular flexibility index (Phi) is 6.49. The topological polar surface area (TPSA) is 111 Å². The monoisotopic (exact) mass is 447 g/mol. The third kappa shape index (κ3) is 5.45. The van der Waals surface area contributed by atoms with Gasteiger partial charge in [0.05, 0.1) is 10.6 Å². The van der Waals surface area contributed by atoms with Crippen molar-refractivity contribution in [3.05, 3.63) is 94.0 Å². The smallest absolute Gasteiger partial charge is 0.271 e. The van der Waals surface area contributed by atoms with Crippen LogP contribution in [0.3, 0.4) is 0 Å². The number of para-hydroxylation sites is 1. The molecule has 0 unspecified atom stereocenters. The summed E-state index contributed by atoms with van der Waals surface area (Å²) in [5.74, 6) is 0.278. The molecular weight excluding hydrogens is 426 g/mol. The van der Waals surface area contributed by atoms with E-state index in [0.717, 1.165) is 16.9 Å². The predicted octanol–water partition coefficient (Wildman–Crippen LogP) is 3.22. The lowest BCUT2D eigenvalue weighted by molar-refractivity contribution is -0.384. The quantitative estimate of drug-likeness (QED) is 0.419. The van der Waals surface area contributed by atoms with E-state index in [0.29, 0.717) is 12.4 Å². The van der Waals surface area contributed by atoms with Crippen LogP contribution in [0, 0.1) is 10.1 Å². The molecule has 168 valence electrons. The summed E-state index contributed by atoms with van der Waals surface area (Å²) in [6.07, 6.45) is 0. The first-order valence-electron chi connectivity index (χ1n) is 10.2. The second kappa shape index (κ2) is 9.82. The molecule has 1 heterocycles. The summed E-state index contributed by atoms with van der Waals surface area (Å²) in [5.41, 5.74) is 1.90. The number of amides is 2. The van der Waals surface area contributed by atoms with E-state index in [1.54, 1.807) is 0 Å². The van der Waals surface area contributed by atoms with Gasteiger partial charge >= 0.3 is 0 Å². The maximum atomic E-state index is 12.5. The van der Waals surface area contributed by atoms with E-state index in [1.807, 2.05) is 54.6 Å². The van der Waals surface area contributed by atoms with Crippen molar-refractivity contribution < 1.29 is 24.0 Å². The van der Waals surface area contributed by atoms with Crippen LogP contribution in [-0.4, -0.2) is 29.9 Å². The molecule has 0 radical (unpaired) electrons. The molecular formula is C24H21N3O6. The number of carbonyl (C=O) groups excluding carboxylic acids is 2. The zero-order valence-electron chi connectivity index (χ0n) is 17.6. The molecule has 0 atom stereocenters. The highest BCUT2D eigenvalue weighted by Gasteiger charge is 2.29. The summed E-state index contributed by atoms with van der Waals surface area (Å²) in [4.78, 5) is 36.5. The molecule has 2 amide bonds. The first-order chi connectivity index (χ1) is 16.0. The highest BCUT2D eigenvalue weighted by molar-refractivity contribution is 6.02. The maximum Gasteiger partial charge on any atom is 0.271 e. The highest BCUT2D eigenvalue weighted by Crippen LogP contribution is 2.35. The molecule has 33 heavy (non-hydrogen) atoms. The molecule has 0 saturated carbocycles. The van der Waals surface area contributed by atoms with Crippen molar-refractivity contribution in [2.75, 3.05) is 18.1 Å². The zero-order chi connectivity index (χ0) is 23.2. The van der Waals surface area contributed by atoms with Gasteiger partial charge in [0.2, 0.25) is 5.91 Å². The number of nitro groups is 1. The van der Waals surface area contributed by atoms with Crippen LogP contribution in [0.2, 0.25) is 0 Å². The maximum absolute atomic E-state index is 12.5. The second-order valence-corrected chi connectivity index (χ2v) is 7.37. The van der Waals surface area contributed by atoms with Crippen molar-refractivity contribution in [2.24, 2.45) is 0 Å². The van der Waals surface area contributed by atoms with Crippen LogP contribution in [0.4, 0.5) is 11.4 Å². The van der Waals surface area contributed by atoms with Gasteiger partial charge in [-0.15, -0.1) is 0 Å². The number of fused-ring (bicyclic) bond motifs is 1. The van der Waals surface area contributed by atoms with Crippen LogP contribution in [0.25, 0.3) is 0 Å². The van der Waals surface area contributed by atoms with Crippen LogP contribution in [-0.2, 0) is 22.7 Å². The average molecular weight is 447 g/mol. The Bertz CT molecular complexity index is 1160. The van der Waals surface area contributed by atoms with E-state index in [2.05, 4.69) is 5.32 Å². The summed E-state index contributed by atoms with van der Waals surface area (Å²) < 4.78 is 11.0. The molecule has 0 aromatic heterocycles. The fourth-order valence-electron chi connectivity index (χ4n) is 3.31. The van der Waals surface area contributed by atoms with E-state index in [1.165, 1.54) is 23.1 Å². The molecule has 9 heteroatoms. The van der Waals surface area contributed by atoms with Gasteiger partial charge in [0.15, 0.2) is 6.61 Å². The van der Waals surface area contributed by atoms with Gasteiger partial charge in [0, 0.05) is 18.7 Å². The molecule has 0 fully saturated rings. The van der Waals surface area contributed by atoms with E-state index in [9.17, 15) is 19.7 Å². The molecule has 9 nitrogen and oxygen atoms in total. The minimum atomic E-state index is -0.563. The normalized spacial score (nSPS) is 12.5. The number of non-ortho nitro benzene ring substituents is 1. The van der Waals surface area contributed by atoms with Gasteiger partial charge < -0.3 is 14.8 Å². The van der Waals surface area contributed by atoms with E-state index < -0.39 is 10.8 Å². The largest absolute Gasteiger partial charge is 0.489 e. The van der Waals surface area contributed by atoms with Crippen LogP contribution >= 0.6 is 0 Å². The number of hydrogen-bond donors (Lipinski definition) is 1. The van der Waals surface area contributed by atoms with Gasteiger partial charge in [0.1, 0.15) is 24.7 Å². The molecule has 0 spiro atoms. The standard InChI is InChI=1S/C24H21N3O6/c28-23(14-26-21-12-19(27(30)31)10-11-22(21)33-16-24(26)29)25-13-17-6-8-18(9-7-17)15-32-20-4-2-1-3-5-20/h1-12H,13-16H2,(H,25,28). The molecule has 1 aliphatic rings. The molecule has 1 N–H and O–H groups in total. The van der Waals surface area contributed by atoms with Crippen molar-refractivity contribution in [3.63, 3.8) is 0 Å². The Hall–Kier alpha value is -4.40. The van der Waals surface area contributed by atoms with Gasteiger partial charge in [-0.3, -0.25) is 24.6 Å². The van der Waals surface area contributed by atoms with Gasteiger partial charge in [-0.2, -0.15) is 0 Å². The van der Waals surface area contributed by atoms with Gasteiger partial charge in [-0.25, -0.2) is 0 Å². The number of carbonyl (C=O) groups is 2. The van der Waals surface area contributed by atoms with Crippen molar-refractivity contribution in [3.8, 4) is 11.5 Å². The summed E-state index contributed by atoms with van der Waals surface area (Å²) in [6, 6.07) is 21.1. The minimum Gasteiger partial charge on any atom is -0.489 e. The molecule has 0 aliphatic carbocycles. The van der Waals surface area contributed by atoms with Gasteiger partial charge in [-0.05, 0) is 29.3 Å².